The van der Waals surface area contributed by atoms with E-state index in [1.54, 1.807) is 0 Å². The third-order valence-electron chi connectivity index (χ3n) is 5.61. The Balaban J connectivity index is 1.98. The first kappa shape index (κ1) is 19.1. The molecule has 1 aliphatic heterocycles. The number of benzene rings is 1. The number of aliphatic hydroxyl groups excluding tert-OH is 1. The highest BCUT2D eigenvalue weighted by atomic mass is 32.2. The topological polar surface area (TPSA) is 113 Å². The molecule has 3 atom stereocenters. The molecule has 2 aliphatic rings. The Kier molecular flexibility index (Phi) is 5.50. The summed E-state index contributed by atoms with van der Waals surface area (Å²) in [5.41, 5.74) is 0.226. The van der Waals surface area contributed by atoms with Gasteiger partial charge in [-0.15, -0.1) is 0 Å². The van der Waals surface area contributed by atoms with Crippen LogP contribution in [0.25, 0.3) is 0 Å². The highest BCUT2D eigenvalue weighted by Crippen LogP contribution is 2.40. The summed E-state index contributed by atoms with van der Waals surface area (Å²) >= 11 is 0. The van der Waals surface area contributed by atoms with Crippen LogP contribution in [0.3, 0.4) is 0 Å². The zero-order chi connectivity index (χ0) is 18.9. The lowest BCUT2D eigenvalue weighted by Gasteiger charge is -2.38. The van der Waals surface area contributed by atoms with Gasteiger partial charge in [-0.05, 0) is 44.9 Å². The summed E-state index contributed by atoms with van der Waals surface area (Å²) < 4.78 is 26.1. The number of nitrogens with one attached hydrogen (secondary N) is 1. The Bertz CT molecular complexity index is 783. The minimum atomic E-state index is -3.75. The first-order chi connectivity index (χ1) is 12.3. The third kappa shape index (κ3) is 3.56. The van der Waals surface area contributed by atoms with E-state index in [4.69, 9.17) is 0 Å². The Morgan fingerprint density at radius 3 is 2.62 bits per heavy atom. The number of hydrogen-bond acceptors (Lipinski definition) is 6. The van der Waals surface area contributed by atoms with Gasteiger partial charge in [0.15, 0.2) is 0 Å². The minimum Gasteiger partial charge on any atom is -0.393 e. The number of nitro benzene ring substituents is 1. The summed E-state index contributed by atoms with van der Waals surface area (Å²) in [6, 6.07) is 4.10. The maximum absolute atomic E-state index is 12.0. The van der Waals surface area contributed by atoms with Crippen molar-refractivity contribution >= 4 is 21.4 Å². The second-order valence-electron chi connectivity index (χ2n) is 7.03. The van der Waals surface area contributed by atoms with Gasteiger partial charge in [0.05, 0.1) is 15.9 Å². The predicted molar refractivity (Wildman–Crippen MR) is 97.7 cm³/mol. The lowest BCUT2D eigenvalue weighted by molar-refractivity contribution is -0.384. The van der Waals surface area contributed by atoms with Gasteiger partial charge in [-0.25, -0.2) is 13.1 Å². The van der Waals surface area contributed by atoms with E-state index in [0.29, 0.717) is 12.2 Å². The Morgan fingerprint density at radius 2 is 1.96 bits per heavy atom. The second-order valence-corrected chi connectivity index (χ2v) is 8.92. The van der Waals surface area contributed by atoms with Crippen molar-refractivity contribution in [2.24, 2.45) is 5.92 Å². The fourth-order valence-electron chi connectivity index (χ4n) is 4.30. The van der Waals surface area contributed by atoms with Gasteiger partial charge in [0.2, 0.25) is 10.0 Å². The van der Waals surface area contributed by atoms with Gasteiger partial charge >= 0.3 is 0 Å². The lowest BCUT2D eigenvalue weighted by Crippen LogP contribution is -2.43. The van der Waals surface area contributed by atoms with Gasteiger partial charge in [-0.1, -0.05) is 12.8 Å². The van der Waals surface area contributed by atoms with Crippen molar-refractivity contribution < 1.29 is 18.4 Å². The number of nitrogens with zero attached hydrogens (tertiary/aromatic N) is 2. The van der Waals surface area contributed by atoms with E-state index >= 15 is 0 Å². The van der Waals surface area contributed by atoms with Crippen molar-refractivity contribution in [1.82, 2.24) is 4.72 Å². The Hall–Kier alpha value is -1.71. The molecule has 0 bridgehead atoms. The molecule has 8 nitrogen and oxygen atoms in total. The van der Waals surface area contributed by atoms with Crippen LogP contribution in [0.2, 0.25) is 0 Å². The quantitative estimate of drug-likeness (QED) is 0.594. The number of hydrogen-bond donors (Lipinski definition) is 2. The van der Waals surface area contributed by atoms with Gasteiger partial charge < -0.3 is 10.0 Å². The van der Waals surface area contributed by atoms with Crippen molar-refractivity contribution in [3.05, 3.63) is 28.3 Å². The van der Waals surface area contributed by atoms with Gasteiger partial charge in [-0.2, -0.15) is 0 Å². The van der Waals surface area contributed by atoms with Crippen LogP contribution in [0.1, 0.15) is 38.5 Å². The minimum absolute atomic E-state index is 0.0516. The molecule has 1 aromatic carbocycles. The van der Waals surface area contributed by atoms with Crippen LogP contribution in [0.4, 0.5) is 11.4 Å². The molecule has 2 N–H and O–H groups in total. The number of nitro groups is 1. The maximum Gasteiger partial charge on any atom is 0.293 e. The molecule has 1 aliphatic carbocycles. The molecular formula is C17H25N3O5S. The second kappa shape index (κ2) is 7.50. The highest BCUT2D eigenvalue weighted by Gasteiger charge is 2.39. The fourth-order valence-corrected chi connectivity index (χ4v) is 5.05. The standard InChI is InChI=1S/C17H25N3O5S/c1-18-26(24,25)12-8-9-15(16(11-12)20(22)23)19-10-4-6-14(19)13-5-2-3-7-17(13)21/h8-9,11,13-14,17-18,21H,2-7,10H2,1H3/t13-,14+,17+/m0/s1. The molecule has 3 rings (SSSR count). The molecule has 1 heterocycles. The summed E-state index contributed by atoms with van der Waals surface area (Å²) in [7, 11) is -2.48. The van der Waals surface area contributed by atoms with E-state index in [1.807, 2.05) is 4.90 Å². The van der Waals surface area contributed by atoms with Crippen molar-refractivity contribution in [1.29, 1.82) is 0 Å². The molecule has 9 heteroatoms. The molecule has 1 aromatic rings. The van der Waals surface area contributed by atoms with Gasteiger partial charge in [0, 0.05) is 24.6 Å². The monoisotopic (exact) mass is 383 g/mol. The summed E-state index contributed by atoms with van der Waals surface area (Å²) in [4.78, 5) is 12.9. The number of anilines is 1. The normalized spacial score (nSPS) is 26.8. The Morgan fingerprint density at radius 1 is 1.23 bits per heavy atom. The van der Waals surface area contributed by atoms with E-state index in [1.165, 1.54) is 19.2 Å². The van der Waals surface area contributed by atoms with Gasteiger partial charge in [-0.3, -0.25) is 10.1 Å². The zero-order valence-electron chi connectivity index (χ0n) is 14.8. The summed E-state index contributed by atoms with van der Waals surface area (Å²) in [6.07, 6.45) is 5.18. The van der Waals surface area contributed by atoms with Crippen molar-refractivity contribution in [3.8, 4) is 0 Å². The molecule has 2 fully saturated rings. The van der Waals surface area contributed by atoms with Gasteiger partial charge in [0.25, 0.3) is 5.69 Å². The largest absolute Gasteiger partial charge is 0.393 e. The third-order valence-corrected chi connectivity index (χ3v) is 7.02. The molecule has 0 amide bonds. The molecule has 0 spiro atoms. The molecule has 1 saturated heterocycles. The van der Waals surface area contributed by atoms with Crippen LogP contribution < -0.4 is 9.62 Å². The Labute approximate surface area is 153 Å². The highest BCUT2D eigenvalue weighted by molar-refractivity contribution is 7.89. The molecule has 26 heavy (non-hydrogen) atoms. The smallest absolute Gasteiger partial charge is 0.293 e. The van der Waals surface area contributed by atoms with E-state index in [0.717, 1.165) is 44.6 Å². The van der Waals surface area contributed by atoms with Crippen LogP contribution in [0.15, 0.2) is 23.1 Å². The van der Waals surface area contributed by atoms with Crippen LogP contribution in [-0.4, -0.2) is 44.2 Å². The lowest BCUT2D eigenvalue weighted by atomic mass is 9.80. The SMILES string of the molecule is CNS(=O)(=O)c1ccc(N2CCC[C@@H]2[C@@H]2CCCC[C@H]2O)c([N+](=O)[O-])c1. The first-order valence-corrected chi connectivity index (χ1v) is 10.5. The van der Waals surface area contributed by atoms with E-state index < -0.39 is 14.9 Å². The molecule has 0 radical (unpaired) electrons. The van der Waals surface area contributed by atoms with Crippen LogP contribution in [0.5, 0.6) is 0 Å². The average Bonchev–Trinajstić information content (AvgIpc) is 3.10. The fraction of sp³-hybridized carbons (Fsp3) is 0.647. The van der Waals surface area contributed by atoms with Crippen molar-refractivity contribution in [2.45, 2.75) is 55.6 Å². The van der Waals surface area contributed by atoms with Gasteiger partial charge in [0.1, 0.15) is 5.69 Å². The van der Waals surface area contributed by atoms with Crippen LogP contribution >= 0.6 is 0 Å². The van der Waals surface area contributed by atoms with E-state index in [-0.39, 0.29) is 28.6 Å². The molecule has 144 valence electrons. The number of aliphatic hydroxyl groups is 1. The zero-order valence-corrected chi connectivity index (χ0v) is 15.6. The van der Waals surface area contributed by atoms with E-state index in [9.17, 15) is 23.6 Å². The van der Waals surface area contributed by atoms with E-state index in [2.05, 4.69) is 4.72 Å². The summed E-state index contributed by atoms with van der Waals surface area (Å²) in [5, 5.41) is 22.0. The van der Waals surface area contributed by atoms with Crippen molar-refractivity contribution in [2.75, 3.05) is 18.5 Å². The van der Waals surface area contributed by atoms with Crippen molar-refractivity contribution in [3.63, 3.8) is 0 Å². The first-order valence-electron chi connectivity index (χ1n) is 9.02. The molecule has 0 unspecified atom stereocenters. The number of rotatable bonds is 5. The summed E-state index contributed by atoms with van der Waals surface area (Å²) in [5.74, 6) is 0.103. The molecule has 1 saturated carbocycles. The molecular weight excluding hydrogens is 358 g/mol. The predicted octanol–water partition coefficient (Wildman–Crippen LogP) is 2.02. The summed E-state index contributed by atoms with van der Waals surface area (Å²) in [6.45, 7) is 0.673. The number of sulfonamides is 1. The maximum atomic E-state index is 12.0. The van der Waals surface area contributed by atoms with Crippen LogP contribution in [-0.2, 0) is 10.0 Å². The van der Waals surface area contributed by atoms with Crippen LogP contribution in [0, 0.1) is 16.0 Å². The average molecular weight is 383 g/mol. The molecule has 0 aromatic heterocycles.